The lowest BCUT2D eigenvalue weighted by molar-refractivity contribution is -0.136. The number of thiophene rings is 1. The summed E-state index contributed by atoms with van der Waals surface area (Å²) in [5, 5.41) is 12.0. The lowest BCUT2D eigenvalue weighted by Crippen LogP contribution is -2.52. The molecule has 2 aromatic heterocycles. The molecule has 1 atom stereocenters. The fourth-order valence-electron chi connectivity index (χ4n) is 3.27. The van der Waals surface area contributed by atoms with Crippen molar-refractivity contribution in [2.24, 2.45) is 0 Å². The lowest BCUT2D eigenvalue weighted by Gasteiger charge is -2.35. The molecule has 1 aliphatic heterocycles. The number of hydrogen-bond acceptors (Lipinski definition) is 6. The summed E-state index contributed by atoms with van der Waals surface area (Å²) in [6.45, 7) is 7.55. The van der Waals surface area contributed by atoms with E-state index in [-0.39, 0.29) is 11.8 Å². The van der Waals surface area contributed by atoms with E-state index in [0.29, 0.717) is 49.9 Å². The van der Waals surface area contributed by atoms with Crippen LogP contribution < -0.4 is 5.32 Å². The monoisotopic (exact) mass is 422 g/mol. The quantitative estimate of drug-likeness (QED) is 0.666. The van der Waals surface area contributed by atoms with Crippen molar-refractivity contribution < 1.29 is 9.59 Å². The lowest BCUT2D eigenvalue weighted by atomic mass is 10.2. The van der Waals surface area contributed by atoms with Crippen LogP contribution in [0.5, 0.6) is 0 Å². The molecule has 28 heavy (non-hydrogen) atoms. The normalized spacial score (nSPS) is 16.1. The summed E-state index contributed by atoms with van der Waals surface area (Å²) in [5.74, 6) is 0.748. The van der Waals surface area contributed by atoms with Crippen molar-refractivity contribution in [3.8, 4) is 10.7 Å². The molecular formula is C18H26N6O2S2. The second-order valence-corrected chi connectivity index (χ2v) is 8.16. The van der Waals surface area contributed by atoms with Gasteiger partial charge in [0, 0.05) is 32.7 Å². The van der Waals surface area contributed by atoms with Crippen LogP contribution in [0.4, 0.5) is 0 Å². The van der Waals surface area contributed by atoms with Crippen LogP contribution in [0.2, 0.25) is 0 Å². The van der Waals surface area contributed by atoms with Crippen LogP contribution >= 0.6 is 23.6 Å². The van der Waals surface area contributed by atoms with Gasteiger partial charge in [-0.05, 0) is 37.0 Å². The number of carbonyl (C=O) groups is 2. The van der Waals surface area contributed by atoms with Crippen molar-refractivity contribution in [2.45, 2.75) is 26.3 Å². The average molecular weight is 423 g/mol. The number of piperazine rings is 1. The summed E-state index contributed by atoms with van der Waals surface area (Å²) in [6.07, 6.45) is 0.926. The molecule has 8 nitrogen and oxygen atoms in total. The molecule has 152 valence electrons. The molecule has 0 bridgehead atoms. The van der Waals surface area contributed by atoms with Crippen LogP contribution in [-0.4, -0.2) is 75.6 Å². The van der Waals surface area contributed by atoms with Crippen molar-refractivity contribution in [1.29, 1.82) is 0 Å². The van der Waals surface area contributed by atoms with E-state index in [1.807, 2.05) is 36.3 Å². The summed E-state index contributed by atoms with van der Waals surface area (Å²) < 4.78 is 2.23. The zero-order chi connectivity index (χ0) is 20.1. The van der Waals surface area contributed by atoms with E-state index in [0.717, 1.165) is 11.3 Å². The number of carbonyl (C=O) groups excluding carboxylic acids is 2. The van der Waals surface area contributed by atoms with Gasteiger partial charge in [-0.15, -0.1) is 11.3 Å². The Morgan fingerprint density at radius 3 is 2.75 bits per heavy atom. The molecule has 1 unspecified atom stereocenters. The molecule has 3 rings (SSSR count). The minimum Gasteiger partial charge on any atom is -0.355 e. The second-order valence-electron chi connectivity index (χ2n) is 6.83. The molecule has 0 radical (unpaired) electrons. The van der Waals surface area contributed by atoms with E-state index in [9.17, 15) is 9.59 Å². The third-order valence-electron chi connectivity index (χ3n) is 4.81. The van der Waals surface area contributed by atoms with Gasteiger partial charge in [0.15, 0.2) is 10.6 Å². The van der Waals surface area contributed by atoms with Gasteiger partial charge in [0.2, 0.25) is 11.8 Å². The third kappa shape index (κ3) is 4.68. The highest BCUT2D eigenvalue weighted by molar-refractivity contribution is 7.71. The molecule has 2 amide bonds. The van der Waals surface area contributed by atoms with Gasteiger partial charge >= 0.3 is 0 Å². The van der Waals surface area contributed by atoms with Gasteiger partial charge in [0.25, 0.3) is 0 Å². The van der Waals surface area contributed by atoms with Crippen LogP contribution in [0.25, 0.3) is 10.7 Å². The maximum Gasteiger partial charge on any atom is 0.245 e. The van der Waals surface area contributed by atoms with Crippen molar-refractivity contribution in [3.05, 3.63) is 22.3 Å². The molecule has 0 aliphatic carbocycles. The first-order chi connectivity index (χ1) is 13.5. The Kier molecular flexibility index (Phi) is 6.97. The summed E-state index contributed by atoms with van der Waals surface area (Å²) in [6, 6.07) is 3.47. The highest BCUT2D eigenvalue weighted by Crippen LogP contribution is 2.26. The smallest absolute Gasteiger partial charge is 0.245 e. The number of H-pyrrole nitrogens is 1. The topological polar surface area (TPSA) is 86.3 Å². The molecule has 2 aromatic rings. The number of nitrogens with one attached hydrogen (secondary N) is 2. The Morgan fingerprint density at radius 2 is 2.11 bits per heavy atom. The van der Waals surface area contributed by atoms with E-state index < -0.39 is 6.04 Å². The maximum atomic E-state index is 13.1. The minimum atomic E-state index is -0.442. The standard InChI is InChI=1S/C18H26N6O2S2/c1-3-6-19-15(25)12-22-7-9-23(10-8-22)17(26)13(2)24-16(20-21-18(24)27)14-5-4-11-28-14/h4-5,11,13H,3,6-10,12H2,1-2H3,(H,19,25)(H,21,27). The fraction of sp³-hybridized carbons (Fsp3) is 0.556. The van der Waals surface area contributed by atoms with Crippen LogP contribution in [0.1, 0.15) is 26.3 Å². The molecule has 10 heteroatoms. The molecular weight excluding hydrogens is 396 g/mol. The van der Waals surface area contributed by atoms with Gasteiger partial charge < -0.3 is 10.2 Å². The highest BCUT2D eigenvalue weighted by atomic mass is 32.1. The summed E-state index contributed by atoms with van der Waals surface area (Å²) in [5.41, 5.74) is 0. The predicted octanol–water partition coefficient (Wildman–Crippen LogP) is 1.90. The highest BCUT2D eigenvalue weighted by Gasteiger charge is 2.28. The van der Waals surface area contributed by atoms with E-state index in [4.69, 9.17) is 12.2 Å². The second kappa shape index (κ2) is 9.44. The summed E-state index contributed by atoms with van der Waals surface area (Å²) in [7, 11) is 0. The van der Waals surface area contributed by atoms with Crippen molar-refractivity contribution >= 4 is 35.4 Å². The third-order valence-corrected chi connectivity index (χ3v) is 5.97. The first-order valence-electron chi connectivity index (χ1n) is 9.50. The van der Waals surface area contributed by atoms with Crippen molar-refractivity contribution in [2.75, 3.05) is 39.3 Å². The Balaban J connectivity index is 1.61. The van der Waals surface area contributed by atoms with Gasteiger partial charge in [0.05, 0.1) is 11.4 Å². The number of nitrogens with zero attached hydrogens (tertiary/aromatic N) is 4. The SMILES string of the molecule is CCCNC(=O)CN1CCN(C(=O)C(C)n2c(-c3cccs3)n[nH]c2=S)CC1. The summed E-state index contributed by atoms with van der Waals surface area (Å²) in [4.78, 5) is 29.8. The zero-order valence-electron chi connectivity index (χ0n) is 16.2. The number of hydrogen-bond donors (Lipinski definition) is 2. The van der Waals surface area contributed by atoms with Crippen LogP contribution in [0, 0.1) is 4.77 Å². The van der Waals surface area contributed by atoms with Gasteiger partial charge in [-0.2, -0.15) is 5.10 Å². The molecule has 0 spiro atoms. The molecule has 1 fully saturated rings. The van der Waals surface area contributed by atoms with E-state index in [1.54, 1.807) is 15.9 Å². The largest absolute Gasteiger partial charge is 0.355 e. The van der Waals surface area contributed by atoms with Crippen molar-refractivity contribution in [3.63, 3.8) is 0 Å². The molecule has 2 N–H and O–H groups in total. The first-order valence-corrected chi connectivity index (χ1v) is 10.8. The average Bonchev–Trinajstić information content (AvgIpc) is 3.35. The zero-order valence-corrected chi connectivity index (χ0v) is 17.8. The minimum absolute atomic E-state index is 0.0189. The van der Waals surface area contributed by atoms with Crippen LogP contribution in [0.15, 0.2) is 17.5 Å². The Bertz CT molecular complexity index is 852. The van der Waals surface area contributed by atoms with Gasteiger partial charge in [-0.3, -0.25) is 24.2 Å². The first kappa shape index (κ1) is 20.7. The van der Waals surface area contributed by atoms with E-state index >= 15 is 0 Å². The number of rotatable bonds is 7. The number of aromatic nitrogens is 3. The predicted molar refractivity (Wildman–Crippen MR) is 112 cm³/mol. The van der Waals surface area contributed by atoms with E-state index in [2.05, 4.69) is 20.4 Å². The number of amides is 2. The maximum absolute atomic E-state index is 13.1. The summed E-state index contributed by atoms with van der Waals surface area (Å²) >= 11 is 6.93. The molecule has 0 saturated carbocycles. The Labute approximate surface area is 173 Å². The van der Waals surface area contributed by atoms with E-state index in [1.165, 1.54) is 0 Å². The van der Waals surface area contributed by atoms with Gasteiger partial charge in [-0.25, -0.2) is 0 Å². The molecule has 1 aliphatic rings. The van der Waals surface area contributed by atoms with Crippen LogP contribution in [-0.2, 0) is 9.59 Å². The molecule has 3 heterocycles. The molecule has 1 saturated heterocycles. The van der Waals surface area contributed by atoms with Gasteiger partial charge in [-0.1, -0.05) is 13.0 Å². The molecule has 0 aromatic carbocycles. The van der Waals surface area contributed by atoms with Crippen LogP contribution in [0.3, 0.4) is 0 Å². The Hall–Kier alpha value is -2.04. The fourth-order valence-corrected chi connectivity index (χ4v) is 4.27. The van der Waals surface area contributed by atoms with Gasteiger partial charge in [0.1, 0.15) is 6.04 Å². The van der Waals surface area contributed by atoms with Crippen molar-refractivity contribution in [1.82, 2.24) is 29.9 Å². The number of aromatic amines is 1. The Morgan fingerprint density at radius 1 is 1.36 bits per heavy atom.